The topological polar surface area (TPSA) is 103 Å². The molecule has 0 aliphatic heterocycles. The largest absolute Gasteiger partial charge is 0.481 e. The maximum atomic E-state index is 13.4. The van der Waals surface area contributed by atoms with E-state index in [0.29, 0.717) is 41.8 Å². The van der Waals surface area contributed by atoms with E-state index in [2.05, 4.69) is 10.3 Å². The van der Waals surface area contributed by atoms with Gasteiger partial charge in [0.2, 0.25) is 5.91 Å². The highest BCUT2D eigenvalue weighted by molar-refractivity contribution is 7.16. The standard InChI is InChI=1S/C18H16FN3O3S/c19-13-3-1-2-12(8-13)15-14(9-20)26-18(21-15)22-16(23)10-4-6-11(7-5-10)17(24)25/h1-3,8,10-11H,4-7H2,(H,24,25)(H,21,22,23)/t10-,11+. The molecule has 0 unspecified atom stereocenters. The molecule has 0 radical (unpaired) electrons. The molecule has 1 aliphatic carbocycles. The molecule has 8 heteroatoms. The van der Waals surface area contributed by atoms with E-state index in [9.17, 15) is 19.2 Å². The highest BCUT2D eigenvalue weighted by Gasteiger charge is 2.30. The van der Waals surface area contributed by atoms with Crippen LogP contribution in [0.5, 0.6) is 0 Å². The first-order valence-electron chi connectivity index (χ1n) is 8.18. The van der Waals surface area contributed by atoms with Gasteiger partial charge in [-0.3, -0.25) is 9.59 Å². The normalized spacial score (nSPS) is 19.5. The average molecular weight is 373 g/mol. The van der Waals surface area contributed by atoms with Crippen LogP contribution in [0.25, 0.3) is 11.3 Å². The van der Waals surface area contributed by atoms with Crippen LogP contribution in [0.1, 0.15) is 30.6 Å². The molecule has 2 aromatic rings. The molecule has 6 nitrogen and oxygen atoms in total. The molecule has 0 spiro atoms. The first kappa shape index (κ1) is 18.0. The van der Waals surface area contributed by atoms with Crippen molar-refractivity contribution in [2.75, 3.05) is 5.32 Å². The fourth-order valence-corrected chi connectivity index (χ4v) is 3.88. The lowest BCUT2D eigenvalue weighted by molar-refractivity contribution is -0.143. The molecule has 1 aromatic heterocycles. The van der Waals surface area contributed by atoms with Crippen LogP contribution in [0.4, 0.5) is 9.52 Å². The molecule has 1 fully saturated rings. The van der Waals surface area contributed by atoms with Gasteiger partial charge in [0.15, 0.2) is 5.13 Å². The number of aromatic nitrogens is 1. The molecule has 1 amide bonds. The zero-order chi connectivity index (χ0) is 18.7. The number of halogens is 1. The molecule has 0 atom stereocenters. The van der Waals surface area contributed by atoms with Crippen LogP contribution >= 0.6 is 11.3 Å². The van der Waals surface area contributed by atoms with Gasteiger partial charge in [0, 0.05) is 11.5 Å². The Kier molecular flexibility index (Phi) is 5.28. The van der Waals surface area contributed by atoms with Crippen molar-refractivity contribution in [3.8, 4) is 17.3 Å². The van der Waals surface area contributed by atoms with Gasteiger partial charge in [-0.2, -0.15) is 5.26 Å². The maximum Gasteiger partial charge on any atom is 0.306 e. The zero-order valence-electron chi connectivity index (χ0n) is 13.7. The summed E-state index contributed by atoms with van der Waals surface area (Å²) in [6.45, 7) is 0. The maximum absolute atomic E-state index is 13.4. The van der Waals surface area contributed by atoms with E-state index in [1.165, 1.54) is 18.2 Å². The van der Waals surface area contributed by atoms with E-state index in [1.54, 1.807) is 6.07 Å². The molecule has 0 bridgehead atoms. The molecule has 1 heterocycles. The Morgan fingerprint density at radius 1 is 1.27 bits per heavy atom. The summed E-state index contributed by atoms with van der Waals surface area (Å²) in [5.41, 5.74) is 0.808. The molecule has 0 saturated heterocycles. The van der Waals surface area contributed by atoms with E-state index >= 15 is 0 Å². The Bertz CT molecular complexity index is 882. The fraction of sp³-hybridized carbons (Fsp3) is 0.333. The number of carbonyl (C=O) groups is 2. The van der Waals surface area contributed by atoms with Gasteiger partial charge in [0.25, 0.3) is 0 Å². The van der Waals surface area contributed by atoms with Crippen LogP contribution in [-0.2, 0) is 9.59 Å². The smallest absolute Gasteiger partial charge is 0.306 e. The van der Waals surface area contributed by atoms with Gasteiger partial charge in [0.1, 0.15) is 22.5 Å². The average Bonchev–Trinajstić information content (AvgIpc) is 3.04. The van der Waals surface area contributed by atoms with E-state index in [4.69, 9.17) is 5.11 Å². The molecule has 3 rings (SSSR count). The third-order valence-electron chi connectivity index (χ3n) is 4.50. The number of carboxylic acids is 1. The second-order valence-corrected chi connectivity index (χ2v) is 7.19. The number of nitrogens with one attached hydrogen (secondary N) is 1. The summed E-state index contributed by atoms with van der Waals surface area (Å²) in [4.78, 5) is 28.0. The van der Waals surface area contributed by atoms with Crippen LogP contribution in [0.2, 0.25) is 0 Å². The lowest BCUT2D eigenvalue weighted by Gasteiger charge is -2.24. The minimum Gasteiger partial charge on any atom is -0.481 e. The molecule has 2 N–H and O–H groups in total. The number of benzene rings is 1. The summed E-state index contributed by atoms with van der Waals surface area (Å²) in [5.74, 6) is -2.12. The van der Waals surface area contributed by atoms with Crippen molar-refractivity contribution in [1.29, 1.82) is 5.26 Å². The summed E-state index contributed by atoms with van der Waals surface area (Å²) in [7, 11) is 0. The molecule has 26 heavy (non-hydrogen) atoms. The second-order valence-electron chi connectivity index (χ2n) is 6.19. The highest BCUT2D eigenvalue weighted by Crippen LogP contribution is 2.33. The minimum atomic E-state index is -0.817. The molecule has 1 aliphatic rings. The number of anilines is 1. The van der Waals surface area contributed by atoms with Crippen LogP contribution < -0.4 is 5.32 Å². The summed E-state index contributed by atoms with van der Waals surface area (Å²) in [5, 5.41) is 21.3. The van der Waals surface area contributed by atoms with Crippen LogP contribution in [-0.4, -0.2) is 22.0 Å². The summed E-state index contributed by atoms with van der Waals surface area (Å²) < 4.78 is 13.4. The van der Waals surface area contributed by atoms with Gasteiger partial charge in [0.05, 0.1) is 5.92 Å². The van der Waals surface area contributed by atoms with E-state index in [0.717, 1.165) is 11.3 Å². The lowest BCUT2D eigenvalue weighted by Crippen LogP contribution is -2.29. The SMILES string of the molecule is N#Cc1sc(NC(=O)[C@H]2CC[C@@H](C(=O)O)CC2)nc1-c1cccc(F)c1. The predicted octanol–water partition coefficient (Wildman–Crippen LogP) is 3.65. The third-order valence-corrected chi connectivity index (χ3v) is 5.38. The second kappa shape index (κ2) is 7.62. The Hall–Kier alpha value is -2.79. The first-order valence-corrected chi connectivity index (χ1v) is 9.00. The fourth-order valence-electron chi connectivity index (χ4n) is 3.09. The summed E-state index contributed by atoms with van der Waals surface area (Å²) >= 11 is 1.04. The minimum absolute atomic E-state index is 0.224. The van der Waals surface area contributed by atoms with Crippen molar-refractivity contribution in [3.05, 3.63) is 35.0 Å². The quantitative estimate of drug-likeness (QED) is 0.851. The molecular weight excluding hydrogens is 357 g/mol. The number of nitrogens with zero attached hydrogens (tertiary/aromatic N) is 2. The number of amides is 1. The molecule has 134 valence electrons. The van der Waals surface area contributed by atoms with Gasteiger partial charge in [-0.15, -0.1) is 0 Å². The first-order chi connectivity index (χ1) is 12.5. The number of thiazole rings is 1. The highest BCUT2D eigenvalue weighted by atomic mass is 32.1. The van der Waals surface area contributed by atoms with Crippen LogP contribution in [0.15, 0.2) is 24.3 Å². The Morgan fingerprint density at radius 2 is 1.96 bits per heavy atom. The predicted molar refractivity (Wildman–Crippen MR) is 93.9 cm³/mol. The van der Waals surface area contributed by atoms with Gasteiger partial charge in [-0.25, -0.2) is 9.37 Å². The van der Waals surface area contributed by atoms with E-state index < -0.39 is 11.8 Å². The third kappa shape index (κ3) is 3.89. The molecular formula is C18H16FN3O3S. The van der Waals surface area contributed by atoms with Crippen molar-refractivity contribution in [1.82, 2.24) is 4.98 Å². The molecule has 1 aromatic carbocycles. The number of nitriles is 1. The van der Waals surface area contributed by atoms with Gasteiger partial charge < -0.3 is 10.4 Å². The lowest BCUT2D eigenvalue weighted by atomic mass is 9.81. The summed E-state index contributed by atoms with van der Waals surface area (Å²) in [6.07, 6.45) is 1.97. The van der Waals surface area contributed by atoms with E-state index in [1.807, 2.05) is 6.07 Å². The van der Waals surface area contributed by atoms with Gasteiger partial charge >= 0.3 is 5.97 Å². The van der Waals surface area contributed by atoms with Crippen molar-refractivity contribution >= 4 is 28.3 Å². The van der Waals surface area contributed by atoms with Crippen molar-refractivity contribution in [2.45, 2.75) is 25.7 Å². The van der Waals surface area contributed by atoms with Crippen LogP contribution in [0.3, 0.4) is 0 Å². The van der Waals surface area contributed by atoms with Gasteiger partial charge in [-0.05, 0) is 37.8 Å². The van der Waals surface area contributed by atoms with Crippen molar-refractivity contribution < 1.29 is 19.1 Å². The Labute approximate surface area is 153 Å². The Balaban J connectivity index is 1.72. The number of carboxylic acid groups (broad SMARTS) is 1. The van der Waals surface area contributed by atoms with Crippen molar-refractivity contribution in [3.63, 3.8) is 0 Å². The zero-order valence-corrected chi connectivity index (χ0v) is 14.6. The number of hydrogen-bond acceptors (Lipinski definition) is 5. The number of hydrogen-bond donors (Lipinski definition) is 2. The number of carbonyl (C=O) groups excluding carboxylic acids is 1. The van der Waals surface area contributed by atoms with Crippen molar-refractivity contribution in [2.24, 2.45) is 11.8 Å². The Morgan fingerprint density at radius 3 is 2.58 bits per heavy atom. The monoisotopic (exact) mass is 373 g/mol. The number of aliphatic carboxylic acids is 1. The summed E-state index contributed by atoms with van der Waals surface area (Å²) in [6, 6.07) is 7.79. The molecule has 1 saturated carbocycles. The van der Waals surface area contributed by atoms with Crippen LogP contribution in [0, 0.1) is 29.0 Å². The van der Waals surface area contributed by atoms with Gasteiger partial charge in [-0.1, -0.05) is 23.5 Å². The van der Waals surface area contributed by atoms with E-state index in [-0.39, 0.29) is 22.9 Å². The number of rotatable bonds is 4.